The fraction of sp³-hybridized carbons (Fsp3) is 0.353. The molecule has 122 valence electrons. The van der Waals surface area contributed by atoms with Gasteiger partial charge in [0.2, 0.25) is 5.95 Å². The topological polar surface area (TPSA) is 67.4 Å². The van der Waals surface area contributed by atoms with Gasteiger partial charge in [0.05, 0.1) is 12.2 Å². The summed E-state index contributed by atoms with van der Waals surface area (Å²) in [7, 11) is 1.64. The van der Waals surface area contributed by atoms with E-state index >= 15 is 0 Å². The minimum atomic E-state index is -0.0696. The summed E-state index contributed by atoms with van der Waals surface area (Å²) in [5.41, 5.74) is 1.58. The molecule has 6 nitrogen and oxygen atoms in total. The maximum Gasteiger partial charge on any atom is 0.257 e. The average molecular weight is 314 g/mol. The van der Waals surface area contributed by atoms with Crippen molar-refractivity contribution in [1.82, 2.24) is 14.9 Å². The lowest BCUT2D eigenvalue weighted by atomic mass is 10.2. The first-order chi connectivity index (χ1) is 11.2. The number of amides is 1. The van der Waals surface area contributed by atoms with Gasteiger partial charge in [0.25, 0.3) is 5.91 Å². The van der Waals surface area contributed by atoms with Crippen LogP contribution >= 0.6 is 0 Å². The van der Waals surface area contributed by atoms with Gasteiger partial charge in [-0.25, -0.2) is 9.97 Å². The lowest BCUT2D eigenvalue weighted by Crippen LogP contribution is -2.30. The molecule has 0 radical (unpaired) electrons. The van der Waals surface area contributed by atoms with Gasteiger partial charge >= 0.3 is 0 Å². The molecule has 0 atom stereocenters. The van der Waals surface area contributed by atoms with Gasteiger partial charge in [0.1, 0.15) is 0 Å². The second-order valence-electron chi connectivity index (χ2n) is 5.02. The Kier molecular flexibility index (Phi) is 6.50. The van der Waals surface area contributed by atoms with Crippen LogP contribution in [0.25, 0.3) is 0 Å². The number of benzene rings is 1. The molecule has 0 unspecified atom stereocenters. The maximum atomic E-state index is 12.6. The number of hydrogen-bond donors (Lipinski definition) is 1. The van der Waals surface area contributed by atoms with Crippen LogP contribution in [-0.2, 0) is 11.3 Å². The minimum absolute atomic E-state index is 0.0696. The standard InChI is InChI=1S/C17H22N4O2/c1-3-21(13-14-7-5-4-6-8-14)16(22)15-11-19-17(20-12-15)18-9-10-23-2/h4-8,11-12H,3,9-10,13H2,1-2H3,(H,18,19,20). The van der Waals surface area contributed by atoms with E-state index in [1.807, 2.05) is 37.3 Å². The molecule has 1 aromatic heterocycles. The highest BCUT2D eigenvalue weighted by Gasteiger charge is 2.15. The number of hydrogen-bond acceptors (Lipinski definition) is 5. The zero-order valence-electron chi connectivity index (χ0n) is 13.5. The van der Waals surface area contributed by atoms with Gasteiger partial charge in [-0.2, -0.15) is 0 Å². The summed E-state index contributed by atoms with van der Waals surface area (Å²) in [6.45, 7) is 4.36. The van der Waals surface area contributed by atoms with E-state index in [0.29, 0.717) is 37.8 Å². The second-order valence-corrected chi connectivity index (χ2v) is 5.02. The highest BCUT2D eigenvalue weighted by Crippen LogP contribution is 2.09. The fourth-order valence-electron chi connectivity index (χ4n) is 2.11. The second kappa shape index (κ2) is 8.85. The lowest BCUT2D eigenvalue weighted by molar-refractivity contribution is 0.0751. The number of carbonyl (C=O) groups excluding carboxylic acids is 1. The Labute approximate surface area is 136 Å². The number of nitrogens with zero attached hydrogens (tertiary/aromatic N) is 3. The van der Waals surface area contributed by atoms with Gasteiger partial charge in [-0.3, -0.25) is 4.79 Å². The predicted molar refractivity (Wildman–Crippen MR) is 89.3 cm³/mol. The molecule has 0 saturated carbocycles. The quantitative estimate of drug-likeness (QED) is 0.757. The highest BCUT2D eigenvalue weighted by atomic mass is 16.5. The van der Waals surface area contributed by atoms with Crippen molar-refractivity contribution in [2.24, 2.45) is 0 Å². The van der Waals surface area contributed by atoms with E-state index < -0.39 is 0 Å². The number of nitrogens with one attached hydrogen (secondary N) is 1. The Balaban J connectivity index is 2.00. The van der Waals surface area contributed by atoms with Crippen molar-refractivity contribution in [1.29, 1.82) is 0 Å². The van der Waals surface area contributed by atoms with E-state index in [1.54, 1.807) is 24.4 Å². The van der Waals surface area contributed by atoms with Crippen molar-refractivity contribution in [2.45, 2.75) is 13.5 Å². The van der Waals surface area contributed by atoms with Gasteiger partial charge in [-0.1, -0.05) is 30.3 Å². The van der Waals surface area contributed by atoms with E-state index in [1.165, 1.54) is 0 Å². The molecule has 0 bridgehead atoms. The molecule has 2 aromatic rings. The molecule has 6 heteroatoms. The van der Waals surface area contributed by atoms with Crippen molar-refractivity contribution in [3.8, 4) is 0 Å². The summed E-state index contributed by atoms with van der Waals surface area (Å²) >= 11 is 0. The summed E-state index contributed by atoms with van der Waals surface area (Å²) < 4.78 is 4.95. The van der Waals surface area contributed by atoms with Crippen LogP contribution in [0, 0.1) is 0 Å². The van der Waals surface area contributed by atoms with Crippen LogP contribution in [0.1, 0.15) is 22.8 Å². The zero-order chi connectivity index (χ0) is 16.5. The van der Waals surface area contributed by atoms with Crippen LogP contribution in [0.5, 0.6) is 0 Å². The van der Waals surface area contributed by atoms with Gasteiger partial charge in [-0.15, -0.1) is 0 Å². The number of ether oxygens (including phenoxy) is 1. The minimum Gasteiger partial charge on any atom is -0.383 e. The van der Waals surface area contributed by atoms with Gasteiger partial charge in [-0.05, 0) is 12.5 Å². The Morgan fingerprint density at radius 3 is 2.52 bits per heavy atom. The predicted octanol–water partition coefficient (Wildman–Crippen LogP) is 2.20. The SMILES string of the molecule is CCN(Cc1ccccc1)C(=O)c1cnc(NCCOC)nc1. The van der Waals surface area contributed by atoms with Crippen LogP contribution < -0.4 is 5.32 Å². The van der Waals surface area contributed by atoms with Crippen LogP contribution in [0.2, 0.25) is 0 Å². The molecule has 0 spiro atoms. The number of carbonyl (C=O) groups is 1. The van der Waals surface area contributed by atoms with Crippen molar-refractivity contribution in [3.05, 3.63) is 53.9 Å². The molecule has 0 aliphatic carbocycles. The average Bonchev–Trinajstić information content (AvgIpc) is 2.61. The summed E-state index contributed by atoms with van der Waals surface area (Å²) in [4.78, 5) is 22.7. The molecule has 0 aliphatic heterocycles. The maximum absolute atomic E-state index is 12.6. The number of aromatic nitrogens is 2. The molecule has 1 aromatic carbocycles. The van der Waals surface area contributed by atoms with Crippen LogP contribution in [0.15, 0.2) is 42.7 Å². The van der Waals surface area contributed by atoms with Gasteiger partial charge in [0, 0.05) is 39.1 Å². The third-order valence-corrected chi connectivity index (χ3v) is 3.37. The summed E-state index contributed by atoms with van der Waals surface area (Å²) in [6, 6.07) is 9.92. The zero-order valence-corrected chi connectivity index (χ0v) is 13.5. The van der Waals surface area contributed by atoms with E-state index in [4.69, 9.17) is 4.74 Å². The molecule has 1 N–H and O–H groups in total. The largest absolute Gasteiger partial charge is 0.383 e. The molecule has 0 aliphatic rings. The lowest BCUT2D eigenvalue weighted by Gasteiger charge is -2.20. The van der Waals surface area contributed by atoms with Gasteiger partial charge < -0.3 is 15.0 Å². The molecular formula is C17H22N4O2. The number of rotatable bonds is 8. The molecular weight excluding hydrogens is 292 g/mol. The van der Waals surface area contributed by atoms with Crippen molar-refractivity contribution < 1.29 is 9.53 Å². The first kappa shape index (κ1) is 16.9. The molecule has 2 rings (SSSR count). The van der Waals surface area contributed by atoms with Crippen LogP contribution in [0.4, 0.5) is 5.95 Å². The number of anilines is 1. The van der Waals surface area contributed by atoms with Crippen LogP contribution in [-0.4, -0.2) is 47.6 Å². The van der Waals surface area contributed by atoms with E-state index in [9.17, 15) is 4.79 Å². The van der Waals surface area contributed by atoms with E-state index in [-0.39, 0.29) is 5.91 Å². The first-order valence-corrected chi connectivity index (χ1v) is 7.62. The smallest absolute Gasteiger partial charge is 0.257 e. The van der Waals surface area contributed by atoms with Crippen molar-refractivity contribution in [3.63, 3.8) is 0 Å². The van der Waals surface area contributed by atoms with Crippen molar-refractivity contribution >= 4 is 11.9 Å². The van der Waals surface area contributed by atoms with Crippen molar-refractivity contribution in [2.75, 3.05) is 32.1 Å². The molecule has 0 saturated heterocycles. The molecule has 23 heavy (non-hydrogen) atoms. The first-order valence-electron chi connectivity index (χ1n) is 7.62. The van der Waals surface area contributed by atoms with Crippen LogP contribution in [0.3, 0.4) is 0 Å². The summed E-state index contributed by atoms with van der Waals surface area (Å²) in [5.74, 6) is 0.421. The normalized spacial score (nSPS) is 10.3. The number of methoxy groups -OCH3 is 1. The summed E-state index contributed by atoms with van der Waals surface area (Å²) in [5, 5.41) is 3.02. The third kappa shape index (κ3) is 5.03. The monoisotopic (exact) mass is 314 g/mol. The third-order valence-electron chi connectivity index (χ3n) is 3.37. The summed E-state index contributed by atoms with van der Waals surface area (Å²) in [6.07, 6.45) is 3.11. The van der Waals surface area contributed by atoms with Gasteiger partial charge in [0.15, 0.2) is 0 Å². The highest BCUT2D eigenvalue weighted by molar-refractivity contribution is 5.93. The van der Waals surface area contributed by atoms with E-state index in [2.05, 4.69) is 15.3 Å². The molecule has 1 heterocycles. The Bertz CT molecular complexity index is 602. The fourth-order valence-corrected chi connectivity index (χ4v) is 2.11. The Morgan fingerprint density at radius 1 is 1.22 bits per heavy atom. The van der Waals surface area contributed by atoms with E-state index in [0.717, 1.165) is 5.56 Å². The molecule has 1 amide bonds. The Hall–Kier alpha value is -2.47. The Morgan fingerprint density at radius 2 is 1.91 bits per heavy atom. The molecule has 0 fully saturated rings.